The Morgan fingerprint density at radius 3 is 2.61 bits per heavy atom. The predicted molar refractivity (Wildman–Crippen MR) is 111 cm³/mol. The van der Waals surface area contributed by atoms with Crippen LogP contribution in [0.25, 0.3) is 0 Å². The Morgan fingerprint density at radius 1 is 1.00 bits per heavy atom. The van der Waals surface area contributed by atoms with E-state index in [1.807, 2.05) is 48.5 Å². The number of amides is 1. The second-order valence-corrected chi connectivity index (χ2v) is 6.20. The van der Waals surface area contributed by atoms with E-state index < -0.39 is 0 Å². The standard InChI is InChI=1S/C21H23N5O2/c1-15(27)25-17-6-4-7-18(12-17)26-21-13-20(23-14-24-21)22-10-9-16-5-3-8-19(11-16)28-2/h3-8,11-14H,9-10H2,1-2H3,(H,25,27)(H2,22,23,24,26). The number of rotatable bonds is 8. The number of hydrogen-bond donors (Lipinski definition) is 3. The van der Waals surface area contributed by atoms with Crippen LogP contribution < -0.4 is 20.7 Å². The molecule has 0 spiro atoms. The van der Waals surface area contributed by atoms with Gasteiger partial charge in [0.05, 0.1) is 7.11 Å². The molecule has 7 heteroatoms. The molecular weight excluding hydrogens is 354 g/mol. The number of carbonyl (C=O) groups is 1. The van der Waals surface area contributed by atoms with Gasteiger partial charge in [0.25, 0.3) is 0 Å². The SMILES string of the molecule is COc1cccc(CCNc2cc(Nc3cccc(NC(C)=O)c3)ncn2)c1. The number of nitrogens with zero attached hydrogens (tertiary/aromatic N) is 2. The Balaban J connectivity index is 1.58. The number of carbonyl (C=O) groups excluding carboxylic acids is 1. The van der Waals surface area contributed by atoms with Crippen molar-refractivity contribution in [3.05, 3.63) is 66.5 Å². The van der Waals surface area contributed by atoms with Crippen LogP contribution in [0.15, 0.2) is 60.9 Å². The maximum atomic E-state index is 11.2. The smallest absolute Gasteiger partial charge is 0.221 e. The van der Waals surface area contributed by atoms with E-state index in [0.29, 0.717) is 5.82 Å². The fourth-order valence-corrected chi connectivity index (χ4v) is 2.71. The lowest BCUT2D eigenvalue weighted by Gasteiger charge is -2.10. The van der Waals surface area contributed by atoms with Crippen molar-refractivity contribution in [2.24, 2.45) is 0 Å². The average molecular weight is 377 g/mol. The Morgan fingerprint density at radius 2 is 1.79 bits per heavy atom. The fraction of sp³-hybridized carbons (Fsp3) is 0.190. The molecule has 2 aromatic carbocycles. The van der Waals surface area contributed by atoms with E-state index in [1.165, 1.54) is 18.8 Å². The number of ether oxygens (including phenoxy) is 1. The van der Waals surface area contributed by atoms with Crippen LogP contribution >= 0.6 is 0 Å². The summed E-state index contributed by atoms with van der Waals surface area (Å²) in [6.07, 6.45) is 2.36. The van der Waals surface area contributed by atoms with Crippen molar-refractivity contribution in [1.82, 2.24) is 9.97 Å². The molecule has 0 atom stereocenters. The van der Waals surface area contributed by atoms with Crippen LogP contribution in [0.2, 0.25) is 0 Å². The predicted octanol–water partition coefficient (Wildman–Crippen LogP) is 3.84. The van der Waals surface area contributed by atoms with E-state index in [4.69, 9.17) is 4.74 Å². The van der Waals surface area contributed by atoms with E-state index in [-0.39, 0.29) is 5.91 Å². The van der Waals surface area contributed by atoms with Gasteiger partial charge in [-0.2, -0.15) is 0 Å². The van der Waals surface area contributed by atoms with E-state index in [9.17, 15) is 4.79 Å². The van der Waals surface area contributed by atoms with Crippen molar-refractivity contribution >= 4 is 28.9 Å². The average Bonchev–Trinajstić information content (AvgIpc) is 2.68. The van der Waals surface area contributed by atoms with Crippen molar-refractivity contribution in [3.63, 3.8) is 0 Å². The van der Waals surface area contributed by atoms with Crippen molar-refractivity contribution < 1.29 is 9.53 Å². The van der Waals surface area contributed by atoms with Crippen LogP contribution in [0, 0.1) is 0 Å². The van der Waals surface area contributed by atoms with Gasteiger partial charge in [-0.3, -0.25) is 4.79 Å². The van der Waals surface area contributed by atoms with Gasteiger partial charge < -0.3 is 20.7 Å². The molecule has 1 amide bonds. The molecule has 0 aliphatic carbocycles. The minimum Gasteiger partial charge on any atom is -0.497 e. The molecule has 0 radical (unpaired) electrons. The summed E-state index contributed by atoms with van der Waals surface area (Å²) in [5.74, 6) is 2.14. The molecule has 1 heterocycles. The van der Waals surface area contributed by atoms with E-state index in [0.717, 1.165) is 35.9 Å². The quantitative estimate of drug-likeness (QED) is 0.553. The molecular formula is C21H23N5O2. The van der Waals surface area contributed by atoms with Gasteiger partial charge in [-0.1, -0.05) is 18.2 Å². The second-order valence-electron chi connectivity index (χ2n) is 6.20. The van der Waals surface area contributed by atoms with Gasteiger partial charge in [-0.25, -0.2) is 9.97 Å². The summed E-state index contributed by atoms with van der Waals surface area (Å²) in [4.78, 5) is 19.7. The normalized spacial score (nSPS) is 10.2. The van der Waals surface area contributed by atoms with Crippen LogP contribution in [0.5, 0.6) is 5.75 Å². The number of anilines is 4. The first-order valence-corrected chi connectivity index (χ1v) is 8.96. The molecule has 0 unspecified atom stereocenters. The molecule has 3 N–H and O–H groups in total. The van der Waals surface area contributed by atoms with E-state index in [1.54, 1.807) is 7.11 Å². The molecule has 3 rings (SSSR count). The summed E-state index contributed by atoms with van der Waals surface area (Å²) in [5, 5.41) is 9.29. The first-order chi connectivity index (χ1) is 13.6. The van der Waals surface area contributed by atoms with Crippen molar-refractivity contribution in [3.8, 4) is 5.75 Å². The summed E-state index contributed by atoms with van der Waals surface area (Å²) in [6.45, 7) is 2.22. The maximum absolute atomic E-state index is 11.2. The highest BCUT2D eigenvalue weighted by molar-refractivity contribution is 5.89. The van der Waals surface area contributed by atoms with Crippen LogP contribution in [0.3, 0.4) is 0 Å². The van der Waals surface area contributed by atoms with Gasteiger partial charge in [-0.15, -0.1) is 0 Å². The third-order valence-electron chi connectivity index (χ3n) is 3.98. The number of benzene rings is 2. The summed E-state index contributed by atoms with van der Waals surface area (Å²) in [7, 11) is 1.67. The molecule has 0 aliphatic rings. The van der Waals surface area contributed by atoms with Crippen molar-refractivity contribution in [1.29, 1.82) is 0 Å². The molecule has 144 valence electrons. The fourth-order valence-electron chi connectivity index (χ4n) is 2.71. The van der Waals surface area contributed by atoms with Crippen LogP contribution in [-0.4, -0.2) is 29.5 Å². The number of methoxy groups -OCH3 is 1. The molecule has 0 bridgehead atoms. The van der Waals surface area contributed by atoms with Gasteiger partial charge in [0.2, 0.25) is 5.91 Å². The summed E-state index contributed by atoms with van der Waals surface area (Å²) < 4.78 is 5.25. The van der Waals surface area contributed by atoms with Gasteiger partial charge in [-0.05, 0) is 42.3 Å². The number of nitrogens with one attached hydrogen (secondary N) is 3. The molecule has 0 saturated heterocycles. The maximum Gasteiger partial charge on any atom is 0.221 e. The molecule has 0 saturated carbocycles. The lowest BCUT2D eigenvalue weighted by molar-refractivity contribution is -0.114. The highest BCUT2D eigenvalue weighted by atomic mass is 16.5. The molecule has 3 aromatic rings. The Hall–Kier alpha value is -3.61. The molecule has 28 heavy (non-hydrogen) atoms. The van der Waals surface area contributed by atoms with Gasteiger partial charge in [0.15, 0.2) is 0 Å². The largest absolute Gasteiger partial charge is 0.497 e. The molecule has 1 aromatic heterocycles. The van der Waals surface area contributed by atoms with Crippen molar-refractivity contribution in [2.45, 2.75) is 13.3 Å². The number of hydrogen-bond acceptors (Lipinski definition) is 6. The van der Waals surface area contributed by atoms with Crippen LogP contribution in [-0.2, 0) is 11.2 Å². The second kappa shape index (κ2) is 9.36. The highest BCUT2D eigenvalue weighted by Crippen LogP contribution is 2.20. The highest BCUT2D eigenvalue weighted by Gasteiger charge is 2.02. The Labute approximate surface area is 164 Å². The van der Waals surface area contributed by atoms with Gasteiger partial charge >= 0.3 is 0 Å². The summed E-state index contributed by atoms with van der Waals surface area (Å²) >= 11 is 0. The monoisotopic (exact) mass is 377 g/mol. The zero-order valence-corrected chi connectivity index (χ0v) is 15.9. The first kappa shape index (κ1) is 19.2. The minimum atomic E-state index is -0.110. The minimum absolute atomic E-state index is 0.110. The van der Waals surface area contributed by atoms with E-state index >= 15 is 0 Å². The van der Waals surface area contributed by atoms with Gasteiger partial charge in [0.1, 0.15) is 23.7 Å². The van der Waals surface area contributed by atoms with Crippen molar-refractivity contribution in [2.75, 3.05) is 29.6 Å². The molecule has 0 fully saturated rings. The zero-order chi connectivity index (χ0) is 19.8. The topological polar surface area (TPSA) is 88.2 Å². The lowest BCUT2D eigenvalue weighted by atomic mass is 10.1. The molecule has 7 nitrogen and oxygen atoms in total. The lowest BCUT2D eigenvalue weighted by Crippen LogP contribution is -2.07. The zero-order valence-electron chi connectivity index (χ0n) is 15.9. The molecule has 0 aliphatic heterocycles. The Bertz CT molecular complexity index is 945. The van der Waals surface area contributed by atoms with E-state index in [2.05, 4.69) is 32.0 Å². The first-order valence-electron chi connectivity index (χ1n) is 8.96. The summed E-state index contributed by atoms with van der Waals surface area (Å²) in [5.41, 5.74) is 2.74. The van der Waals surface area contributed by atoms with Gasteiger partial charge in [0, 0.05) is 30.9 Å². The van der Waals surface area contributed by atoms with Crippen LogP contribution in [0.4, 0.5) is 23.0 Å². The Kier molecular flexibility index (Phi) is 6.41. The van der Waals surface area contributed by atoms with Crippen LogP contribution in [0.1, 0.15) is 12.5 Å². The summed E-state index contributed by atoms with van der Waals surface area (Å²) in [6, 6.07) is 17.3. The third kappa shape index (κ3) is 5.70. The third-order valence-corrected chi connectivity index (χ3v) is 3.98. The number of aromatic nitrogens is 2.